The van der Waals surface area contributed by atoms with E-state index in [-0.39, 0.29) is 19.0 Å². The average molecular weight is 328 g/mol. The molecule has 1 saturated heterocycles. The summed E-state index contributed by atoms with van der Waals surface area (Å²) >= 11 is 0. The fourth-order valence-corrected chi connectivity index (χ4v) is 1.82. The second-order valence-corrected chi connectivity index (χ2v) is 4.71. The van der Waals surface area contributed by atoms with Crippen LogP contribution in [0, 0.1) is 0 Å². The van der Waals surface area contributed by atoms with Crippen molar-refractivity contribution < 1.29 is 35.9 Å². The lowest BCUT2D eigenvalue weighted by Gasteiger charge is -2.38. The second kappa shape index (κ2) is 5.65. The number of carbonyl (C=O) groups excluding carboxylic acids is 1. The SMILES string of the molecule is O=C(CC(F)(F)F)N1CC(Oc2cc(C(F)(F)F)ccn2)C1. The highest BCUT2D eigenvalue weighted by molar-refractivity contribution is 5.77. The second-order valence-electron chi connectivity index (χ2n) is 4.71. The molecule has 0 N–H and O–H groups in total. The molecule has 0 aliphatic carbocycles. The summed E-state index contributed by atoms with van der Waals surface area (Å²) in [7, 11) is 0. The molecule has 22 heavy (non-hydrogen) atoms. The lowest BCUT2D eigenvalue weighted by Crippen LogP contribution is -2.56. The number of carbonyl (C=O) groups is 1. The van der Waals surface area contributed by atoms with Gasteiger partial charge >= 0.3 is 12.4 Å². The van der Waals surface area contributed by atoms with Crippen molar-refractivity contribution in [3.05, 3.63) is 23.9 Å². The first-order chi connectivity index (χ1) is 10.0. The molecule has 10 heteroatoms. The summed E-state index contributed by atoms with van der Waals surface area (Å²) in [6, 6.07) is 1.47. The van der Waals surface area contributed by atoms with Gasteiger partial charge in [0.05, 0.1) is 18.7 Å². The van der Waals surface area contributed by atoms with Crippen molar-refractivity contribution in [3.63, 3.8) is 0 Å². The van der Waals surface area contributed by atoms with Crippen molar-refractivity contribution >= 4 is 5.91 Å². The zero-order valence-corrected chi connectivity index (χ0v) is 10.9. The highest BCUT2D eigenvalue weighted by Gasteiger charge is 2.39. The number of amides is 1. The van der Waals surface area contributed by atoms with Gasteiger partial charge in [-0.15, -0.1) is 0 Å². The van der Waals surface area contributed by atoms with Crippen LogP contribution in [0.1, 0.15) is 12.0 Å². The summed E-state index contributed by atoms with van der Waals surface area (Å²) in [5, 5.41) is 0. The Labute approximate surface area is 120 Å². The molecule has 122 valence electrons. The van der Waals surface area contributed by atoms with Gasteiger partial charge in [0.15, 0.2) is 0 Å². The molecule has 1 fully saturated rings. The van der Waals surface area contributed by atoms with Gasteiger partial charge in [0.2, 0.25) is 11.8 Å². The summed E-state index contributed by atoms with van der Waals surface area (Å²) in [6.07, 6.45) is -10.5. The number of hydrogen-bond donors (Lipinski definition) is 0. The molecule has 2 rings (SSSR count). The van der Waals surface area contributed by atoms with E-state index in [1.54, 1.807) is 0 Å². The zero-order chi connectivity index (χ0) is 16.5. The van der Waals surface area contributed by atoms with Gasteiger partial charge in [-0.25, -0.2) is 4.98 Å². The van der Waals surface area contributed by atoms with Crippen molar-refractivity contribution in [1.29, 1.82) is 0 Å². The molecule has 0 unspecified atom stereocenters. The third kappa shape index (κ3) is 4.25. The maximum Gasteiger partial charge on any atom is 0.416 e. The maximum absolute atomic E-state index is 12.5. The average Bonchev–Trinajstić information content (AvgIpc) is 2.30. The van der Waals surface area contributed by atoms with Crippen molar-refractivity contribution in [1.82, 2.24) is 9.88 Å². The summed E-state index contributed by atoms with van der Waals surface area (Å²) < 4.78 is 78.7. The Bertz CT molecular complexity index is 551. The Balaban J connectivity index is 1.87. The van der Waals surface area contributed by atoms with Gasteiger partial charge in [0.1, 0.15) is 12.5 Å². The molecule has 0 aromatic carbocycles. The molecule has 4 nitrogen and oxygen atoms in total. The van der Waals surface area contributed by atoms with E-state index in [4.69, 9.17) is 4.74 Å². The van der Waals surface area contributed by atoms with Gasteiger partial charge in [0.25, 0.3) is 0 Å². The third-order valence-electron chi connectivity index (χ3n) is 2.90. The van der Waals surface area contributed by atoms with E-state index in [1.807, 2.05) is 0 Å². The van der Waals surface area contributed by atoms with Gasteiger partial charge in [-0.2, -0.15) is 26.3 Å². The van der Waals surface area contributed by atoms with Crippen LogP contribution in [-0.4, -0.2) is 41.2 Å². The standard InChI is InChI=1S/C12H10F6N2O2/c13-11(14,15)4-10(21)20-5-8(6-20)22-9-3-7(1-2-19-9)12(16,17)18/h1-3,8H,4-6H2. The van der Waals surface area contributed by atoms with E-state index in [9.17, 15) is 31.1 Å². The predicted molar refractivity (Wildman–Crippen MR) is 60.9 cm³/mol. The van der Waals surface area contributed by atoms with Crippen LogP contribution in [0.4, 0.5) is 26.3 Å². The molecule has 0 bridgehead atoms. The number of aromatic nitrogens is 1. The molecule has 1 aliphatic rings. The van der Waals surface area contributed by atoms with E-state index in [0.717, 1.165) is 17.2 Å². The summed E-state index contributed by atoms with van der Waals surface area (Å²) in [6.45, 7) is -0.236. The van der Waals surface area contributed by atoms with Gasteiger partial charge in [-0.1, -0.05) is 0 Å². The molecule has 0 saturated carbocycles. The smallest absolute Gasteiger partial charge is 0.416 e. The number of nitrogens with zero attached hydrogens (tertiary/aromatic N) is 2. The van der Waals surface area contributed by atoms with Gasteiger partial charge < -0.3 is 9.64 Å². The Hall–Kier alpha value is -2.00. The van der Waals surface area contributed by atoms with Crippen LogP contribution < -0.4 is 4.74 Å². The molecule has 1 aromatic heterocycles. The topological polar surface area (TPSA) is 42.4 Å². The highest BCUT2D eigenvalue weighted by atomic mass is 19.4. The van der Waals surface area contributed by atoms with E-state index >= 15 is 0 Å². The fraction of sp³-hybridized carbons (Fsp3) is 0.500. The van der Waals surface area contributed by atoms with E-state index in [1.165, 1.54) is 0 Å². The van der Waals surface area contributed by atoms with Gasteiger partial charge in [0, 0.05) is 12.3 Å². The van der Waals surface area contributed by atoms with Crippen molar-refractivity contribution in [2.24, 2.45) is 0 Å². The molecule has 1 aromatic rings. The lowest BCUT2D eigenvalue weighted by molar-refractivity contribution is -0.167. The van der Waals surface area contributed by atoms with Crippen molar-refractivity contribution in [2.45, 2.75) is 24.9 Å². The predicted octanol–water partition coefficient (Wildman–Crippen LogP) is 2.64. The number of hydrogen-bond acceptors (Lipinski definition) is 3. The van der Waals surface area contributed by atoms with Crippen LogP contribution in [0.5, 0.6) is 5.88 Å². The minimum Gasteiger partial charge on any atom is -0.471 e. The van der Waals surface area contributed by atoms with Crippen LogP contribution in [0.2, 0.25) is 0 Å². The lowest BCUT2D eigenvalue weighted by atomic mass is 10.1. The van der Waals surface area contributed by atoms with Crippen LogP contribution in [0.15, 0.2) is 18.3 Å². The summed E-state index contributed by atoms with van der Waals surface area (Å²) in [4.78, 5) is 15.7. The highest BCUT2D eigenvalue weighted by Crippen LogP contribution is 2.31. The summed E-state index contributed by atoms with van der Waals surface area (Å²) in [5.41, 5.74) is -0.943. The largest absolute Gasteiger partial charge is 0.471 e. The number of halogens is 6. The number of rotatable bonds is 3. The van der Waals surface area contributed by atoms with E-state index in [2.05, 4.69) is 4.98 Å². The minimum atomic E-state index is -4.59. The molecular weight excluding hydrogens is 318 g/mol. The summed E-state index contributed by atoms with van der Waals surface area (Å²) in [5.74, 6) is -1.38. The Morgan fingerprint density at radius 2 is 1.91 bits per heavy atom. The fourth-order valence-electron chi connectivity index (χ4n) is 1.82. The number of alkyl halides is 6. The van der Waals surface area contributed by atoms with Crippen LogP contribution in [-0.2, 0) is 11.0 Å². The Kier molecular flexibility index (Phi) is 4.21. The van der Waals surface area contributed by atoms with Gasteiger partial charge in [-0.05, 0) is 6.07 Å². The quantitative estimate of drug-likeness (QED) is 0.801. The maximum atomic E-state index is 12.5. The monoisotopic (exact) mass is 328 g/mol. The number of pyridine rings is 1. The van der Waals surface area contributed by atoms with E-state index < -0.39 is 36.3 Å². The van der Waals surface area contributed by atoms with Crippen molar-refractivity contribution in [2.75, 3.05) is 13.1 Å². The first-order valence-corrected chi connectivity index (χ1v) is 6.09. The number of ether oxygens (including phenoxy) is 1. The van der Waals surface area contributed by atoms with Crippen molar-refractivity contribution in [3.8, 4) is 5.88 Å². The van der Waals surface area contributed by atoms with Crippen LogP contribution in [0.3, 0.4) is 0 Å². The normalized spacial score (nSPS) is 16.4. The van der Waals surface area contributed by atoms with E-state index in [0.29, 0.717) is 6.07 Å². The molecule has 2 heterocycles. The zero-order valence-electron chi connectivity index (χ0n) is 10.9. The third-order valence-corrected chi connectivity index (χ3v) is 2.90. The molecule has 1 amide bonds. The van der Waals surface area contributed by atoms with Crippen LogP contribution in [0.25, 0.3) is 0 Å². The minimum absolute atomic E-state index is 0.118. The molecule has 1 aliphatic heterocycles. The van der Waals surface area contributed by atoms with Crippen LogP contribution >= 0.6 is 0 Å². The first kappa shape index (κ1) is 16.4. The number of likely N-dealkylation sites (tertiary alicyclic amines) is 1. The molecule has 0 radical (unpaired) electrons. The molecular formula is C12H10F6N2O2. The molecule has 0 spiro atoms. The first-order valence-electron chi connectivity index (χ1n) is 6.09. The Morgan fingerprint density at radius 3 is 2.45 bits per heavy atom. The van der Waals surface area contributed by atoms with Gasteiger partial charge in [-0.3, -0.25) is 4.79 Å². The molecule has 0 atom stereocenters. The Morgan fingerprint density at radius 1 is 1.27 bits per heavy atom.